The monoisotopic (exact) mass is 463 g/mol. The maximum atomic E-state index is 14.6. The number of carbonyl (C=O) groups excluding carboxylic acids is 1. The molecule has 8 heteroatoms. The summed E-state index contributed by atoms with van der Waals surface area (Å²) >= 11 is 0. The lowest BCUT2D eigenvalue weighted by atomic mass is 10.1. The number of benzene rings is 2. The van der Waals surface area contributed by atoms with Crippen LogP contribution in [-0.2, 0) is 15.5 Å². The number of amides is 1. The Kier molecular flexibility index (Phi) is 6.00. The largest absolute Gasteiger partial charge is 0.487 e. The Morgan fingerprint density at radius 1 is 1.06 bits per heavy atom. The fourth-order valence-corrected chi connectivity index (χ4v) is 4.77. The lowest BCUT2D eigenvalue weighted by Crippen LogP contribution is -2.37. The van der Waals surface area contributed by atoms with E-state index in [1.165, 1.54) is 12.1 Å². The summed E-state index contributed by atoms with van der Waals surface area (Å²) in [5, 5.41) is 0. The molecular weight excluding hydrogens is 436 g/mol. The SMILES string of the molecule is CS(=O)c1ccc(-c2cc(F)c(OCC3C4CN(C(=O)OC(C)(C)C)CC34)c(F)c2)cc1. The maximum Gasteiger partial charge on any atom is 0.410 e. The number of rotatable bonds is 5. The summed E-state index contributed by atoms with van der Waals surface area (Å²) in [6, 6.07) is 9.22. The summed E-state index contributed by atoms with van der Waals surface area (Å²) in [6.45, 7) is 6.85. The molecule has 2 aliphatic rings. The molecule has 0 aromatic heterocycles. The molecule has 2 fully saturated rings. The highest BCUT2D eigenvalue weighted by Crippen LogP contribution is 2.52. The average Bonchev–Trinajstić information content (AvgIpc) is 3.14. The van der Waals surface area contributed by atoms with Gasteiger partial charge in [0.15, 0.2) is 17.4 Å². The second-order valence-corrected chi connectivity index (χ2v) is 10.8. The summed E-state index contributed by atoms with van der Waals surface area (Å²) in [6.07, 6.45) is 1.25. The molecule has 3 atom stereocenters. The van der Waals surface area contributed by atoms with Crippen LogP contribution in [0.25, 0.3) is 11.1 Å². The molecule has 0 bridgehead atoms. The second kappa shape index (κ2) is 8.46. The first-order valence-electron chi connectivity index (χ1n) is 10.6. The number of fused-ring (bicyclic) bond motifs is 1. The average molecular weight is 464 g/mol. The number of hydrogen-bond donors (Lipinski definition) is 0. The topological polar surface area (TPSA) is 55.8 Å². The minimum absolute atomic E-state index is 0.176. The van der Waals surface area contributed by atoms with E-state index in [9.17, 15) is 17.8 Å². The maximum absolute atomic E-state index is 14.6. The van der Waals surface area contributed by atoms with Gasteiger partial charge < -0.3 is 14.4 Å². The third-order valence-electron chi connectivity index (χ3n) is 5.96. The molecule has 1 saturated carbocycles. The second-order valence-electron chi connectivity index (χ2n) is 9.44. The number of halogens is 2. The van der Waals surface area contributed by atoms with Crippen molar-refractivity contribution in [1.82, 2.24) is 4.90 Å². The van der Waals surface area contributed by atoms with Crippen molar-refractivity contribution in [3.63, 3.8) is 0 Å². The van der Waals surface area contributed by atoms with Gasteiger partial charge in [0.25, 0.3) is 0 Å². The first-order valence-corrected chi connectivity index (χ1v) is 12.1. The van der Waals surface area contributed by atoms with Crippen LogP contribution in [0.5, 0.6) is 5.75 Å². The van der Waals surface area contributed by atoms with Crippen molar-refractivity contribution in [2.75, 3.05) is 26.0 Å². The number of carbonyl (C=O) groups is 1. The van der Waals surface area contributed by atoms with Crippen LogP contribution >= 0.6 is 0 Å². The third kappa shape index (κ3) is 4.80. The fourth-order valence-electron chi connectivity index (χ4n) is 4.26. The van der Waals surface area contributed by atoms with E-state index in [2.05, 4.69) is 0 Å². The summed E-state index contributed by atoms with van der Waals surface area (Å²) in [5.74, 6) is -1.18. The molecule has 172 valence electrons. The number of hydrogen-bond acceptors (Lipinski definition) is 4. The van der Waals surface area contributed by atoms with Crippen molar-refractivity contribution < 1.29 is 27.3 Å². The molecular formula is C24H27F2NO4S. The van der Waals surface area contributed by atoms with E-state index < -0.39 is 28.0 Å². The van der Waals surface area contributed by atoms with Crippen LogP contribution in [0.3, 0.4) is 0 Å². The Bertz CT molecular complexity index is 1020. The van der Waals surface area contributed by atoms with E-state index in [4.69, 9.17) is 9.47 Å². The zero-order valence-electron chi connectivity index (χ0n) is 18.6. The highest BCUT2D eigenvalue weighted by Gasteiger charge is 2.57. The Morgan fingerprint density at radius 3 is 2.12 bits per heavy atom. The zero-order valence-corrected chi connectivity index (χ0v) is 19.4. The molecule has 3 unspecified atom stereocenters. The smallest absolute Gasteiger partial charge is 0.410 e. The first-order chi connectivity index (χ1) is 15.0. The van der Waals surface area contributed by atoms with Crippen molar-refractivity contribution in [2.45, 2.75) is 31.3 Å². The number of likely N-dealkylation sites (tertiary alicyclic amines) is 1. The molecule has 1 saturated heterocycles. The van der Waals surface area contributed by atoms with Crippen molar-refractivity contribution in [3.8, 4) is 16.9 Å². The van der Waals surface area contributed by atoms with Crippen LogP contribution in [0.4, 0.5) is 13.6 Å². The number of piperidine rings is 1. The standard InChI is InChI=1S/C24H27F2NO4S/c1-24(2,3)31-23(28)27-11-17-18(12-27)19(17)13-30-22-20(25)9-15(10-21(22)26)14-5-7-16(8-6-14)32(4)29/h5-10,17-19H,11-13H2,1-4H3. The predicted molar refractivity (Wildman–Crippen MR) is 118 cm³/mol. The summed E-state index contributed by atoms with van der Waals surface area (Å²) < 4.78 is 51.6. The Morgan fingerprint density at radius 2 is 1.62 bits per heavy atom. The molecule has 0 N–H and O–H groups in total. The van der Waals surface area contributed by atoms with Gasteiger partial charge in [0, 0.05) is 41.0 Å². The van der Waals surface area contributed by atoms with Crippen molar-refractivity contribution >= 4 is 16.9 Å². The van der Waals surface area contributed by atoms with Gasteiger partial charge in [-0.1, -0.05) is 12.1 Å². The van der Waals surface area contributed by atoms with Gasteiger partial charge in [0.2, 0.25) is 0 Å². The molecule has 32 heavy (non-hydrogen) atoms. The molecule has 2 aromatic carbocycles. The molecule has 4 rings (SSSR count). The lowest BCUT2D eigenvalue weighted by Gasteiger charge is -2.25. The zero-order chi connectivity index (χ0) is 23.2. The Balaban J connectivity index is 1.35. The van der Waals surface area contributed by atoms with Gasteiger partial charge in [-0.2, -0.15) is 0 Å². The fraction of sp³-hybridized carbons (Fsp3) is 0.458. The van der Waals surface area contributed by atoms with Crippen LogP contribution in [0.15, 0.2) is 41.3 Å². The van der Waals surface area contributed by atoms with E-state index in [-0.39, 0.29) is 36.2 Å². The van der Waals surface area contributed by atoms with Gasteiger partial charge in [-0.05, 0) is 68.0 Å². The first kappa shape index (κ1) is 22.7. The molecule has 1 heterocycles. The van der Waals surface area contributed by atoms with Gasteiger partial charge in [-0.3, -0.25) is 4.21 Å². The summed E-state index contributed by atoms with van der Waals surface area (Å²) in [4.78, 5) is 14.5. The molecule has 1 amide bonds. The Hall–Kier alpha value is -2.48. The van der Waals surface area contributed by atoms with Gasteiger partial charge in [0.05, 0.1) is 6.61 Å². The predicted octanol–water partition coefficient (Wildman–Crippen LogP) is 4.86. The number of nitrogens with zero attached hydrogens (tertiary/aromatic N) is 1. The normalized spacial score (nSPS) is 22.9. The molecule has 1 aliphatic heterocycles. The molecule has 0 radical (unpaired) electrons. The highest BCUT2D eigenvalue weighted by molar-refractivity contribution is 7.84. The lowest BCUT2D eigenvalue weighted by molar-refractivity contribution is 0.0260. The van der Waals surface area contributed by atoms with Crippen LogP contribution in [0, 0.1) is 29.4 Å². The van der Waals surface area contributed by atoms with Crippen LogP contribution in [0.1, 0.15) is 20.8 Å². The van der Waals surface area contributed by atoms with Crippen molar-refractivity contribution in [1.29, 1.82) is 0 Å². The summed E-state index contributed by atoms with van der Waals surface area (Å²) in [5.41, 5.74) is 0.476. The highest BCUT2D eigenvalue weighted by atomic mass is 32.2. The molecule has 2 aromatic rings. The van der Waals surface area contributed by atoms with Gasteiger partial charge >= 0.3 is 6.09 Å². The van der Waals surface area contributed by atoms with Crippen molar-refractivity contribution in [2.24, 2.45) is 17.8 Å². The summed E-state index contributed by atoms with van der Waals surface area (Å²) in [7, 11) is -1.12. The molecule has 1 aliphatic carbocycles. The van der Waals surface area contributed by atoms with Crippen LogP contribution < -0.4 is 4.74 Å². The van der Waals surface area contributed by atoms with E-state index >= 15 is 0 Å². The minimum Gasteiger partial charge on any atom is -0.487 e. The van der Waals surface area contributed by atoms with E-state index in [1.807, 2.05) is 20.8 Å². The van der Waals surface area contributed by atoms with Crippen molar-refractivity contribution in [3.05, 3.63) is 48.0 Å². The van der Waals surface area contributed by atoms with E-state index in [0.29, 0.717) is 29.1 Å². The van der Waals surface area contributed by atoms with Crippen LogP contribution in [-0.4, -0.2) is 46.8 Å². The molecule has 0 spiro atoms. The quantitative estimate of drug-likeness (QED) is 0.636. The van der Waals surface area contributed by atoms with Gasteiger partial charge in [0.1, 0.15) is 5.60 Å². The Labute approximate surface area is 189 Å². The molecule has 5 nitrogen and oxygen atoms in total. The number of ether oxygens (including phenoxy) is 2. The minimum atomic E-state index is -1.12. The van der Waals surface area contributed by atoms with E-state index in [1.54, 1.807) is 35.4 Å². The van der Waals surface area contributed by atoms with E-state index in [0.717, 1.165) is 0 Å². The van der Waals surface area contributed by atoms with Crippen LogP contribution in [0.2, 0.25) is 0 Å². The third-order valence-corrected chi connectivity index (χ3v) is 6.90. The van der Waals surface area contributed by atoms with Gasteiger partial charge in [-0.15, -0.1) is 0 Å². The van der Waals surface area contributed by atoms with Gasteiger partial charge in [-0.25, -0.2) is 13.6 Å².